The monoisotopic (exact) mass is 429 g/mol. The molecular formula is C21H20ClN3O3S. The summed E-state index contributed by atoms with van der Waals surface area (Å²) >= 11 is 7.25. The van der Waals surface area contributed by atoms with Gasteiger partial charge in [-0.25, -0.2) is 4.98 Å². The minimum Gasteiger partial charge on any atom is -0.495 e. The lowest BCUT2D eigenvalue weighted by molar-refractivity contribution is -0.113. The Morgan fingerprint density at radius 3 is 2.69 bits per heavy atom. The maximum absolute atomic E-state index is 12.8. The molecule has 6 nitrogen and oxygen atoms in total. The van der Waals surface area contributed by atoms with Crippen LogP contribution in [0.3, 0.4) is 0 Å². The van der Waals surface area contributed by atoms with Crippen molar-refractivity contribution in [3.63, 3.8) is 0 Å². The third-order valence-electron chi connectivity index (χ3n) is 4.35. The van der Waals surface area contributed by atoms with Crippen molar-refractivity contribution in [1.29, 1.82) is 0 Å². The first-order chi connectivity index (χ1) is 13.9. The Bertz CT molecular complexity index is 1110. The molecule has 3 aromatic rings. The molecule has 0 atom stereocenters. The molecule has 0 unspecified atom stereocenters. The van der Waals surface area contributed by atoms with E-state index in [9.17, 15) is 9.59 Å². The molecule has 2 aromatic carbocycles. The van der Waals surface area contributed by atoms with E-state index in [1.54, 1.807) is 24.4 Å². The number of carbonyl (C=O) groups is 1. The Morgan fingerprint density at radius 2 is 2.00 bits per heavy atom. The first-order valence-corrected chi connectivity index (χ1v) is 10.2. The van der Waals surface area contributed by atoms with E-state index in [1.165, 1.54) is 17.9 Å². The number of aromatic nitrogens is 2. The Labute approximate surface area is 177 Å². The zero-order valence-corrected chi connectivity index (χ0v) is 17.8. The van der Waals surface area contributed by atoms with Gasteiger partial charge in [0.15, 0.2) is 5.03 Å². The molecule has 0 radical (unpaired) electrons. The number of halogens is 1. The number of ether oxygens (including phenoxy) is 1. The quantitative estimate of drug-likeness (QED) is 0.593. The summed E-state index contributed by atoms with van der Waals surface area (Å²) in [5.74, 6) is 0.389. The second kappa shape index (κ2) is 9.15. The van der Waals surface area contributed by atoms with Gasteiger partial charge < -0.3 is 10.1 Å². The van der Waals surface area contributed by atoms with E-state index in [1.807, 2.05) is 32.0 Å². The molecule has 8 heteroatoms. The van der Waals surface area contributed by atoms with Gasteiger partial charge in [-0.1, -0.05) is 29.4 Å². The number of aryl methyl sites for hydroxylation is 2. The minimum atomic E-state index is -0.322. The molecular weight excluding hydrogens is 410 g/mol. The predicted molar refractivity (Wildman–Crippen MR) is 117 cm³/mol. The highest BCUT2D eigenvalue weighted by Gasteiger charge is 2.12. The van der Waals surface area contributed by atoms with Crippen LogP contribution in [-0.4, -0.2) is 28.3 Å². The summed E-state index contributed by atoms with van der Waals surface area (Å²) in [6.07, 6.45) is 3.07. The van der Waals surface area contributed by atoms with Gasteiger partial charge in [-0.3, -0.25) is 14.2 Å². The molecule has 0 aliphatic heterocycles. The number of nitrogens with zero attached hydrogens (tertiary/aromatic N) is 2. The number of anilines is 1. The number of hydrogen-bond donors (Lipinski definition) is 1. The summed E-state index contributed by atoms with van der Waals surface area (Å²) in [5, 5.41) is 3.47. The molecule has 0 aliphatic carbocycles. The van der Waals surface area contributed by atoms with E-state index in [0.717, 1.165) is 28.6 Å². The second-order valence-electron chi connectivity index (χ2n) is 6.36. The maximum Gasteiger partial charge on any atom is 0.287 e. The predicted octanol–water partition coefficient (Wildman–Crippen LogP) is 4.24. The SMILES string of the molecule is COc1ccc(-n2ccnc(SCC(=O)Nc3ccc(C)c(C)c3)c2=O)cc1Cl. The summed E-state index contributed by atoms with van der Waals surface area (Å²) < 4.78 is 6.57. The molecule has 1 heterocycles. The summed E-state index contributed by atoms with van der Waals surface area (Å²) in [4.78, 5) is 29.1. The average molecular weight is 430 g/mol. The number of hydrogen-bond acceptors (Lipinski definition) is 5. The number of rotatable bonds is 6. The van der Waals surface area contributed by atoms with Crippen molar-refractivity contribution in [3.8, 4) is 11.4 Å². The number of thioether (sulfide) groups is 1. The lowest BCUT2D eigenvalue weighted by Gasteiger charge is -2.10. The highest BCUT2D eigenvalue weighted by Crippen LogP contribution is 2.26. The van der Waals surface area contributed by atoms with Crippen molar-refractivity contribution >= 4 is 35.0 Å². The van der Waals surface area contributed by atoms with Crippen molar-refractivity contribution in [2.45, 2.75) is 18.9 Å². The molecule has 1 amide bonds. The maximum atomic E-state index is 12.8. The molecule has 0 saturated heterocycles. The molecule has 1 N–H and O–H groups in total. The van der Waals surface area contributed by atoms with Crippen LogP contribution in [0.1, 0.15) is 11.1 Å². The zero-order valence-electron chi connectivity index (χ0n) is 16.2. The first kappa shape index (κ1) is 21.0. The topological polar surface area (TPSA) is 73.2 Å². The van der Waals surface area contributed by atoms with E-state index in [2.05, 4.69) is 10.3 Å². The van der Waals surface area contributed by atoms with Gasteiger partial charge >= 0.3 is 0 Å². The number of amides is 1. The van der Waals surface area contributed by atoms with Gasteiger partial charge in [-0.05, 0) is 55.3 Å². The van der Waals surface area contributed by atoms with Crippen LogP contribution >= 0.6 is 23.4 Å². The standard InChI is InChI=1S/C21H20ClN3O3S/c1-13-4-5-15(10-14(13)2)24-19(26)12-29-20-21(27)25(9-8-23-20)16-6-7-18(28-3)17(22)11-16/h4-11H,12H2,1-3H3,(H,24,26). The fraction of sp³-hybridized carbons (Fsp3) is 0.190. The van der Waals surface area contributed by atoms with Crippen LogP contribution in [0.5, 0.6) is 5.75 Å². The van der Waals surface area contributed by atoms with Gasteiger partial charge in [0.25, 0.3) is 5.56 Å². The number of methoxy groups -OCH3 is 1. The van der Waals surface area contributed by atoms with E-state index in [0.29, 0.717) is 16.5 Å². The molecule has 1 aromatic heterocycles. The van der Waals surface area contributed by atoms with Crippen LogP contribution in [0.15, 0.2) is 58.6 Å². The van der Waals surface area contributed by atoms with Crippen LogP contribution in [0, 0.1) is 13.8 Å². The summed E-state index contributed by atoms with van der Waals surface area (Å²) in [7, 11) is 1.53. The largest absolute Gasteiger partial charge is 0.495 e. The minimum absolute atomic E-state index is 0.0720. The van der Waals surface area contributed by atoms with Gasteiger partial charge in [0, 0.05) is 18.1 Å². The summed E-state index contributed by atoms with van der Waals surface area (Å²) in [6, 6.07) is 10.8. The highest BCUT2D eigenvalue weighted by molar-refractivity contribution is 7.99. The summed E-state index contributed by atoms with van der Waals surface area (Å²) in [6.45, 7) is 4.00. The van der Waals surface area contributed by atoms with Crippen molar-refractivity contribution in [2.75, 3.05) is 18.2 Å². The zero-order chi connectivity index (χ0) is 21.0. The normalized spacial score (nSPS) is 10.6. The van der Waals surface area contributed by atoms with Crippen LogP contribution in [-0.2, 0) is 4.79 Å². The molecule has 0 bridgehead atoms. The lowest BCUT2D eigenvalue weighted by atomic mass is 10.1. The van der Waals surface area contributed by atoms with Crippen molar-refractivity contribution in [3.05, 3.63) is 75.3 Å². The van der Waals surface area contributed by atoms with Crippen molar-refractivity contribution in [2.24, 2.45) is 0 Å². The van der Waals surface area contributed by atoms with Crippen LogP contribution < -0.4 is 15.6 Å². The highest BCUT2D eigenvalue weighted by atomic mass is 35.5. The van der Waals surface area contributed by atoms with Crippen molar-refractivity contribution in [1.82, 2.24) is 9.55 Å². The fourth-order valence-corrected chi connectivity index (χ4v) is 3.60. The molecule has 3 rings (SSSR count). The van der Waals surface area contributed by atoms with Crippen molar-refractivity contribution < 1.29 is 9.53 Å². The second-order valence-corrected chi connectivity index (χ2v) is 7.73. The van der Waals surface area contributed by atoms with Gasteiger partial charge in [0.1, 0.15) is 5.75 Å². The van der Waals surface area contributed by atoms with E-state index < -0.39 is 0 Å². The molecule has 0 fully saturated rings. The third kappa shape index (κ3) is 4.99. The molecule has 0 aliphatic rings. The first-order valence-electron chi connectivity index (χ1n) is 8.80. The Kier molecular flexibility index (Phi) is 6.61. The fourth-order valence-electron chi connectivity index (χ4n) is 2.65. The summed E-state index contributed by atoms with van der Waals surface area (Å²) in [5.41, 5.74) is 3.25. The smallest absolute Gasteiger partial charge is 0.287 e. The molecule has 150 valence electrons. The number of benzene rings is 2. The van der Waals surface area contributed by atoms with E-state index in [4.69, 9.17) is 16.3 Å². The lowest BCUT2D eigenvalue weighted by Crippen LogP contribution is -2.22. The number of carbonyl (C=O) groups excluding carboxylic acids is 1. The molecule has 29 heavy (non-hydrogen) atoms. The van der Waals surface area contributed by atoms with Crippen LogP contribution in [0.4, 0.5) is 5.69 Å². The van der Waals surface area contributed by atoms with Gasteiger partial charge in [-0.2, -0.15) is 0 Å². The van der Waals surface area contributed by atoms with E-state index in [-0.39, 0.29) is 22.2 Å². The Balaban J connectivity index is 1.72. The van der Waals surface area contributed by atoms with E-state index >= 15 is 0 Å². The van der Waals surface area contributed by atoms with Gasteiger partial charge in [0.05, 0.1) is 23.6 Å². The molecule has 0 saturated carbocycles. The van der Waals surface area contributed by atoms with Crippen LogP contribution in [0.2, 0.25) is 5.02 Å². The van der Waals surface area contributed by atoms with Gasteiger partial charge in [-0.15, -0.1) is 0 Å². The van der Waals surface area contributed by atoms with Crippen LogP contribution in [0.25, 0.3) is 5.69 Å². The molecule has 0 spiro atoms. The third-order valence-corrected chi connectivity index (χ3v) is 5.61. The number of nitrogens with one attached hydrogen (secondary N) is 1. The Hall–Kier alpha value is -2.77. The Morgan fingerprint density at radius 1 is 1.21 bits per heavy atom. The average Bonchev–Trinajstić information content (AvgIpc) is 2.70. The van der Waals surface area contributed by atoms with Gasteiger partial charge in [0.2, 0.25) is 5.91 Å².